The summed E-state index contributed by atoms with van der Waals surface area (Å²) in [6.45, 7) is 2.36. The van der Waals surface area contributed by atoms with Crippen molar-refractivity contribution < 1.29 is 0 Å². The first-order chi connectivity index (χ1) is 33.0. The van der Waals surface area contributed by atoms with E-state index in [1.807, 2.05) is 23.1 Å². The number of pyridine rings is 4. The van der Waals surface area contributed by atoms with Gasteiger partial charge < -0.3 is 0 Å². The minimum absolute atomic E-state index is 0.0908. The van der Waals surface area contributed by atoms with E-state index in [1.165, 1.54) is 42.1 Å². The highest BCUT2D eigenvalue weighted by molar-refractivity contribution is 8.00. The zero-order chi connectivity index (χ0) is 44.2. The molecule has 6 heteroatoms. The third-order valence-corrected chi connectivity index (χ3v) is 16.9. The summed E-state index contributed by atoms with van der Waals surface area (Å²) in [7, 11) is 0. The summed E-state index contributed by atoms with van der Waals surface area (Å²) in [5.74, 6) is 0.141. The number of nitrogens with zero attached hydrogens (tertiary/aromatic N) is 4. The van der Waals surface area contributed by atoms with Crippen molar-refractivity contribution in [3.8, 4) is 33.6 Å². The van der Waals surface area contributed by atoms with Crippen LogP contribution in [0.2, 0.25) is 0 Å². The van der Waals surface area contributed by atoms with Gasteiger partial charge in [-0.2, -0.15) is 0 Å². The smallest absolute Gasteiger partial charge is 0.0974 e. The first-order valence-electron chi connectivity index (χ1n) is 23.0. The topological polar surface area (TPSA) is 51.6 Å². The van der Waals surface area contributed by atoms with E-state index in [-0.39, 0.29) is 11.3 Å². The van der Waals surface area contributed by atoms with Crippen LogP contribution in [-0.4, -0.2) is 25.2 Å². The van der Waals surface area contributed by atoms with Crippen LogP contribution in [0, 0.1) is 0 Å². The Labute approximate surface area is 396 Å². The second-order valence-electron chi connectivity index (χ2n) is 18.3. The van der Waals surface area contributed by atoms with Crippen molar-refractivity contribution in [3.63, 3.8) is 0 Å². The summed E-state index contributed by atoms with van der Waals surface area (Å²) >= 11 is 3.83. The zero-order valence-corrected chi connectivity index (χ0v) is 38.2. The van der Waals surface area contributed by atoms with Crippen molar-refractivity contribution in [2.24, 2.45) is 0 Å². The fourth-order valence-electron chi connectivity index (χ4n) is 10.7. The van der Waals surface area contributed by atoms with E-state index in [0.29, 0.717) is 5.25 Å². The van der Waals surface area contributed by atoms with E-state index in [2.05, 4.69) is 207 Å². The molecule has 2 aliphatic carbocycles. The molecule has 0 amide bonds. The fourth-order valence-corrected chi connectivity index (χ4v) is 13.3. The average Bonchev–Trinajstić information content (AvgIpc) is 3.92. The maximum Gasteiger partial charge on any atom is 0.0974 e. The van der Waals surface area contributed by atoms with Crippen LogP contribution < -0.4 is 0 Å². The summed E-state index contributed by atoms with van der Waals surface area (Å²) in [4.78, 5) is 24.4. The summed E-state index contributed by atoms with van der Waals surface area (Å²) in [6, 6.07) is 60.9. The van der Waals surface area contributed by atoms with Crippen molar-refractivity contribution in [1.82, 2.24) is 19.9 Å². The Morgan fingerprint density at radius 2 is 1.16 bits per heavy atom. The lowest BCUT2D eigenvalue weighted by molar-refractivity contribution is 0.622. The second-order valence-corrected chi connectivity index (χ2v) is 20.5. The summed E-state index contributed by atoms with van der Waals surface area (Å²) in [5.41, 5.74) is 15.7. The Kier molecular flexibility index (Phi) is 8.68. The van der Waals surface area contributed by atoms with Crippen LogP contribution in [0.5, 0.6) is 0 Å². The number of benzene rings is 6. The van der Waals surface area contributed by atoms with Crippen LogP contribution in [-0.2, 0) is 11.8 Å². The van der Waals surface area contributed by atoms with Crippen molar-refractivity contribution in [2.75, 3.05) is 0 Å². The molecule has 0 bridgehead atoms. The van der Waals surface area contributed by atoms with Crippen molar-refractivity contribution in [1.29, 1.82) is 0 Å². The molecule has 11 aromatic rings. The number of aromatic nitrogens is 4. The highest BCUT2D eigenvalue weighted by atomic mass is 32.2. The lowest BCUT2D eigenvalue weighted by Crippen LogP contribution is -2.29. The molecule has 67 heavy (non-hydrogen) atoms. The van der Waals surface area contributed by atoms with Crippen LogP contribution in [0.1, 0.15) is 40.2 Å². The number of thiophene rings is 1. The molecule has 3 aliphatic rings. The molecule has 6 aromatic carbocycles. The summed E-state index contributed by atoms with van der Waals surface area (Å²) in [5, 5.41) is 6.03. The van der Waals surface area contributed by atoms with Gasteiger partial charge in [-0.15, -0.1) is 23.1 Å². The number of allylic oxidation sites excluding steroid dienone is 4. The van der Waals surface area contributed by atoms with Gasteiger partial charge in [0.1, 0.15) is 0 Å². The quantitative estimate of drug-likeness (QED) is 0.161. The van der Waals surface area contributed by atoms with Gasteiger partial charge in [0.25, 0.3) is 0 Å². The minimum atomic E-state index is -0.0908. The van der Waals surface area contributed by atoms with E-state index in [1.54, 1.807) is 0 Å². The van der Waals surface area contributed by atoms with Crippen molar-refractivity contribution in [3.05, 3.63) is 222 Å². The van der Waals surface area contributed by atoms with Gasteiger partial charge in [0.05, 0.1) is 39.1 Å². The van der Waals surface area contributed by atoms with Gasteiger partial charge in [0.15, 0.2) is 0 Å². The van der Waals surface area contributed by atoms with Crippen LogP contribution >= 0.6 is 23.1 Å². The second kappa shape index (κ2) is 15.0. The van der Waals surface area contributed by atoms with Gasteiger partial charge >= 0.3 is 0 Å². The van der Waals surface area contributed by atoms with Crippen LogP contribution in [0.25, 0.3) is 99.0 Å². The Balaban J connectivity index is 0.853. The number of rotatable bonds is 5. The molecule has 3 unspecified atom stereocenters. The van der Waals surface area contributed by atoms with E-state index >= 15 is 0 Å². The van der Waals surface area contributed by atoms with Gasteiger partial charge in [0.2, 0.25) is 0 Å². The molecule has 0 saturated carbocycles. The Morgan fingerprint density at radius 3 is 1.96 bits per heavy atom. The molecule has 0 saturated heterocycles. The fraction of sp³-hybridized carbons (Fsp3) is 0.0820. The molecule has 0 N–H and O–H groups in total. The molecule has 4 nitrogen and oxygen atoms in total. The van der Waals surface area contributed by atoms with Gasteiger partial charge in [-0.25, -0.2) is 19.9 Å². The lowest BCUT2D eigenvalue weighted by Gasteiger charge is -2.30. The molecule has 316 valence electrons. The number of hydrogen-bond acceptors (Lipinski definition) is 6. The molecule has 14 rings (SSSR count). The minimum Gasteiger partial charge on any atom is -0.250 e. The molecular weight excluding hydrogens is 853 g/mol. The first-order valence-corrected chi connectivity index (χ1v) is 24.7. The third-order valence-electron chi connectivity index (χ3n) is 14.2. The van der Waals surface area contributed by atoms with Gasteiger partial charge in [-0.05, 0) is 88.2 Å². The zero-order valence-electron chi connectivity index (χ0n) is 36.5. The van der Waals surface area contributed by atoms with Crippen molar-refractivity contribution in [2.45, 2.75) is 34.8 Å². The van der Waals surface area contributed by atoms with E-state index in [4.69, 9.17) is 19.9 Å². The van der Waals surface area contributed by atoms with Crippen LogP contribution in [0.3, 0.4) is 0 Å². The normalized spacial score (nSPS) is 18.4. The lowest BCUT2D eigenvalue weighted by atomic mass is 9.75. The maximum absolute atomic E-state index is 5.53. The maximum atomic E-state index is 5.53. The van der Waals surface area contributed by atoms with Gasteiger partial charge in [-0.3, -0.25) is 0 Å². The Bertz CT molecular complexity index is 3980. The summed E-state index contributed by atoms with van der Waals surface area (Å²) < 4.78 is 1.34. The molecule has 0 radical (unpaired) electrons. The Hall–Kier alpha value is -7.51. The largest absolute Gasteiger partial charge is 0.250 e. The third kappa shape index (κ3) is 6.27. The van der Waals surface area contributed by atoms with E-state index in [9.17, 15) is 0 Å². The molecule has 0 spiro atoms. The van der Waals surface area contributed by atoms with Gasteiger partial charge in [0, 0.05) is 69.4 Å². The molecule has 1 aliphatic heterocycles. The van der Waals surface area contributed by atoms with Crippen LogP contribution in [0.4, 0.5) is 0 Å². The van der Waals surface area contributed by atoms with Crippen molar-refractivity contribution >= 4 is 88.4 Å². The Morgan fingerprint density at radius 1 is 0.522 bits per heavy atom. The molecule has 0 fully saturated rings. The van der Waals surface area contributed by atoms with Crippen LogP contribution in [0.15, 0.2) is 199 Å². The molecule has 6 heterocycles. The number of thioether (sulfide) groups is 1. The highest BCUT2D eigenvalue weighted by Crippen LogP contribution is 2.53. The predicted molar refractivity (Wildman–Crippen MR) is 282 cm³/mol. The average molecular weight is 893 g/mol. The number of hydrogen-bond donors (Lipinski definition) is 0. The molecular formula is C61H40N4S2. The molecule has 3 atom stereocenters. The number of fused-ring (bicyclic) bond motifs is 12. The van der Waals surface area contributed by atoms with E-state index in [0.717, 1.165) is 89.5 Å². The summed E-state index contributed by atoms with van der Waals surface area (Å²) in [6.07, 6.45) is 12.6. The standard InChI is InChI=1S/C61H40N4S2/c1-61-35-43(25-31-56(61)67-55-17-8-6-15-48(55)61)51-29-23-38-19-18-37-21-27-49(62-57(37)58(38)64-51)40-12-9-13-41(32-40)50-28-22-39-20-26-45-46(36-10-3-2-4-11-36)34-52(65-60(45)59(39)63-50)42-24-30-54-47(33-42)44-14-5-7-16-53(44)66-54/h2-32,34-35,42,56H,33H2,1H3. The molecule has 5 aromatic heterocycles. The predicted octanol–water partition coefficient (Wildman–Crippen LogP) is 15.8. The SMILES string of the molecule is CC12C=C(c3ccc4ccc5ccc(-c6cccc(-c7ccc8ccc9c(-c%10ccccc%10)cc(C%10C=Cc%11sc%12ccccc%12c%11C%10)nc9c8n7)c6)nc5c4n3)C=CC1Sc1ccccc12. The van der Waals surface area contributed by atoms with E-state index < -0.39 is 0 Å². The first kappa shape index (κ1) is 38.7. The highest BCUT2D eigenvalue weighted by Gasteiger charge is 2.42. The monoisotopic (exact) mass is 892 g/mol. The van der Waals surface area contributed by atoms with Gasteiger partial charge in [-0.1, -0.05) is 159 Å².